The molecule has 4 heteroatoms. The van der Waals surface area contributed by atoms with Crippen molar-refractivity contribution in [3.63, 3.8) is 0 Å². The molecule has 0 amide bonds. The van der Waals surface area contributed by atoms with Gasteiger partial charge in [0, 0.05) is 31.0 Å². The van der Waals surface area contributed by atoms with Gasteiger partial charge in [-0.05, 0) is 25.0 Å². The fraction of sp³-hybridized carbons (Fsp3) is 0.375. The monoisotopic (exact) mass is 271 g/mol. The van der Waals surface area contributed by atoms with Crippen LogP contribution in [0.4, 0.5) is 5.82 Å². The largest absolute Gasteiger partial charge is 0.380 e. The highest BCUT2D eigenvalue weighted by molar-refractivity contribution is 5.60. The summed E-state index contributed by atoms with van der Waals surface area (Å²) in [5.41, 5.74) is 4.34. The Balaban J connectivity index is 2.47. The lowest BCUT2D eigenvalue weighted by atomic mass is 10.1. The molecule has 4 nitrogen and oxygen atoms in total. The first kappa shape index (κ1) is 14.5. The van der Waals surface area contributed by atoms with E-state index in [1.165, 1.54) is 5.56 Å². The molecule has 1 N–H and O–H groups in total. The fourth-order valence-corrected chi connectivity index (χ4v) is 2.32. The van der Waals surface area contributed by atoms with Crippen LogP contribution in [0.5, 0.6) is 0 Å². The fourth-order valence-electron chi connectivity index (χ4n) is 2.32. The van der Waals surface area contributed by atoms with Crippen LogP contribution in [0, 0.1) is 6.92 Å². The highest BCUT2D eigenvalue weighted by Gasteiger charge is 2.10. The Morgan fingerprint density at radius 2 is 2.05 bits per heavy atom. The Bertz CT molecular complexity index is 596. The van der Waals surface area contributed by atoms with E-state index >= 15 is 0 Å². The third-order valence-electron chi connectivity index (χ3n) is 3.30. The number of nitrogens with zero attached hydrogens (tertiary/aromatic N) is 2. The molecule has 1 heterocycles. The van der Waals surface area contributed by atoms with E-state index in [9.17, 15) is 0 Å². The van der Waals surface area contributed by atoms with Gasteiger partial charge in [-0.25, -0.2) is 9.97 Å². The molecule has 2 aromatic rings. The van der Waals surface area contributed by atoms with Crippen LogP contribution in [-0.2, 0) is 17.8 Å². The van der Waals surface area contributed by atoms with Crippen LogP contribution in [-0.4, -0.2) is 24.1 Å². The first-order valence-electron chi connectivity index (χ1n) is 6.83. The van der Waals surface area contributed by atoms with Gasteiger partial charge in [-0.3, -0.25) is 0 Å². The van der Waals surface area contributed by atoms with E-state index in [2.05, 4.69) is 28.3 Å². The third kappa shape index (κ3) is 2.96. The Morgan fingerprint density at radius 1 is 1.25 bits per heavy atom. The second kappa shape index (κ2) is 6.48. The van der Waals surface area contributed by atoms with Crippen LogP contribution < -0.4 is 5.32 Å². The predicted octanol–water partition coefficient (Wildman–Crippen LogP) is 3.20. The third-order valence-corrected chi connectivity index (χ3v) is 3.30. The van der Waals surface area contributed by atoms with Crippen LogP contribution in [0.2, 0.25) is 0 Å². The van der Waals surface area contributed by atoms with Crippen molar-refractivity contribution in [3.05, 3.63) is 41.1 Å². The van der Waals surface area contributed by atoms with E-state index in [1.54, 1.807) is 7.11 Å². The molecule has 1 aromatic carbocycles. The van der Waals surface area contributed by atoms with Crippen molar-refractivity contribution >= 4 is 5.82 Å². The molecule has 20 heavy (non-hydrogen) atoms. The molecule has 0 fully saturated rings. The highest BCUT2D eigenvalue weighted by Crippen LogP contribution is 2.23. The minimum absolute atomic E-state index is 0.596. The lowest BCUT2D eigenvalue weighted by molar-refractivity contribution is 0.185. The molecule has 0 spiro atoms. The molecule has 0 unspecified atom stereocenters. The van der Waals surface area contributed by atoms with Gasteiger partial charge in [-0.15, -0.1) is 0 Å². The maximum absolute atomic E-state index is 5.17. The molecule has 0 atom stereocenters. The second-order valence-corrected chi connectivity index (χ2v) is 4.70. The summed E-state index contributed by atoms with van der Waals surface area (Å²) >= 11 is 0. The summed E-state index contributed by atoms with van der Waals surface area (Å²) in [6.07, 6.45) is 0.923. The normalized spacial score (nSPS) is 10.6. The van der Waals surface area contributed by atoms with E-state index in [1.807, 2.05) is 32.2 Å². The van der Waals surface area contributed by atoms with Crippen molar-refractivity contribution in [2.75, 3.05) is 19.5 Å². The van der Waals surface area contributed by atoms with Crippen molar-refractivity contribution < 1.29 is 4.74 Å². The Labute approximate surface area is 120 Å². The highest BCUT2D eigenvalue weighted by atomic mass is 16.5. The van der Waals surface area contributed by atoms with Gasteiger partial charge in [0.25, 0.3) is 0 Å². The summed E-state index contributed by atoms with van der Waals surface area (Å²) in [5.74, 6) is 1.66. The van der Waals surface area contributed by atoms with E-state index in [4.69, 9.17) is 4.74 Å². The van der Waals surface area contributed by atoms with Gasteiger partial charge in [-0.1, -0.05) is 25.1 Å². The van der Waals surface area contributed by atoms with E-state index in [0.29, 0.717) is 6.61 Å². The van der Waals surface area contributed by atoms with Gasteiger partial charge in [0.1, 0.15) is 5.82 Å². The number of rotatable bonds is 5. The van der Waals surface area contributed by atoms with E-state index in [0.717, 1.165) is 34.9 Å². The molecule has 0 aliphatic carbocycles. The van der Waals surface area contributed by atoms with E-state index < -0.39 is 0 Å². The molecule has 0 saturated carbocycles. The number of methoxy groups -OCH3 is 1. The zero-order chi connectivity index (χ0) is 14.5. The van der Waals surface area contributed by atoms with Crippen LogP contribution in [0.3, 0.4) is 0 Å². The Hall–Kier alpha value is -1.94. The first-order chi connectivity index (χ1) is 9.69. The van der Waals surface area contributed by atoms with Crippen molar-refractivity contribution in [1.29, 1.82) is 0 Å². The average molecular weight is 271 g/mol. The number of hydrogen-bond acceptors (Lipinski definition) is 4. The number of ether oxygens (including phenoxy) is 1. The van der Waals surface area contributed by atoms with Gasteiger partial charge in [0.05, 0.1) is 6.61 Å². The summed E-state index contributed by atoms with van der Waals surface area (Å²) < 4.78 is 5.17. The molecule has 106 valence electrons. The topological polar surface area (TPSA) is 47.0 Å². The molecule has 0 radical (unpaired) electrons. The zero-order valence-corrected chi connectivity index (χ0v) is 12.5. The lowest BCUT2D eigenvalue weighted by Gasteiger charge is -2.12. The number of nitrogens with one attached hydrogen (secondary N) is 1. The summed E-state index contributed by atoms with van der Waals surface area (Å²) in [4.78, 5) is 9.26. The van der Waals surface area contributed by atoms with Crippen molar-refractivity contribution in [3.8, 4) is 11.4 Å². The maximum atomic E-state index is 5.17. The van der Waals surface area contributed by atoms with Gasteiger partial charge >= 0.3 is 0 Å². The second-order valence-electron chi connectivity index (χ2n) is 4.70. The molecule has 0 bridgehead atoms. The van der Waals surface area contributed by atoms with E-state index in [-0.39, 0.29) is 0 Å². The Kier molecular flexibility index (Phi) is 4.69. The molecule has 0 aliphatic heterocycles. The minimum Gasteiger partial charge on any atom is -0.380 e. The SMILES string of the molecule is CCc1c(C)nc(-c2cccc(COC)c2)nc1NC. The molecular formula is C16H21N3O. The van der Waals surface area contributed by atoms with Crippen molar-refractivity contribution in [1.82, 2.24) is 9.97 Å². The minimum atomic E-state index is 0.596. The van der Waals surface area contributed by atoms with Gasteiger partial charge in [-0.2, -0.15) is 0 Å². The van der Waals surface area contributed by atoms with Gasteiger partial charge in [0.15, 0.2) is 5.82 Å². The van der Waals surface area contributed by atoms with Crippen LogP contribution in [0.25, 0.3) is 11.4 Å². The number of benzene rings is 1. The lowest BCUT2D eigenvalue weighted by Crippen LogP contribution is -2.05. The quantitative estimate of drug-likeness (QED) is 0.907. The summed E-state index contributed by atoms with van der Waals surface area (Å²) in [5, 5.41) is 3.16. The maximum Gasteiger partial charge on any atom is 0.161 e. The Morgan fingerprint density at radius 3 is 2.70 bits per heavy atom. The number of aromatic nitrogens is 2. The van der Waals surface area contributed by atoms with Gasteiger partial charge in [0.2, 0.25) is 0 Å². The number of hydrogen-bond donors (Lipinski definition) is 1. The molecule has 0 aliphatic rings. The summed E-state index contributed by atoms with van der Waals surface area (Å²) in [7, 11) is 3.59. The predicted molar refractivity (Wildman–Crippen MR) is 81.8 cm³/mol. The summed E-state index contributed by atoms with van der Waals surface area (Å²) in [6, 6.07) is 8.15. The van der Waals surface area contributed by atoms with Gasteiger partial charge < -0.3 is 10.1 Å². The number of anilines is 1. The molecular weight excluding hydrogens is 250 g/mol. The van der Waals surface area contributed by atoms with Crippen molar-refractivity contribution in [2.45, 2.75) is 26.9 Å². The zero-order valence-electron chi connectivity index (χ0n) is 12.5. The van der Waals surface area contributed by atoms with Crippen LogP contribution in [0.1, 0.15) is 23.7 Å². The standard InChI is InChI=1S/C16H21N3O/c1-5-14-11(2)18-15(19-16(14)17-3)13-8-6-7-12(9-13)10-20-4/h6-9H,5,10H2,1-4H3,(H,17,18,19). The average Bonchev–Trinajstić information content (AvgIpc) is 2.47. The molecule has 0 saturated heterocycles. The smallest absolute Gasteiger partial charge is 0.161 e. The first-order valence-corrected chi connectivity index (χ1v) is 6.83. The molecule has 2 rings (SSSR count). The van der Waals surface area contributed by atoms with Crippen LogP contribution >= 0.6 is 0 Å². The summed E-state index contributed by atoms with van der Waals surface area (Å²) in [6.45, 7) is 4.74. The van der Waals surface area contributed by atoms with Crippen LogP contribution in [0.15, 0.2) is 24.3 Å². The number of aryl methyl sites for hydroxylation is 1. The molecule has 1 aromatic heterocycles. The van der Waals surface area contributed by atoms with Crippen molar-refractivity contribution in [2.24, 2.45) is 0 Å².